The summed E-state index contributed by atoms with van der Waals surface area (Å²) in [6.07, 6.45) is 0. The molecule has 0 saturated carbocycles. The minimum atomic E-state index is -1.11. The molecule has 86 valence electrons. The van der Waals surface area contributed by atoms with Crippen LogP contribution >= 0.6 is 0 Å². The maximum absolute atomic E-state index is 10.9. The molecule has 0 fully saturated rings. The largest absolute Gasteiger partial charge is 0.475 e. The number of aryl methyl sites for hydroxylation is 2. The molecule has 4 nitrogen and oxygen atoms in total. The van der Waals surface area contributed by atoms with Crippen LogP contribution in [0.3, 0.4) is 0 Å². The Morgan fingerprint density at radius 3 is 2.35 bits per heavy atom. The molecule has 0 radical (unpaired) electrons. The van der Waals surface area contributed by atoms with Crippen molar-refractivity contribution < 1.29 is 9.90 Å². The van der Waals surface area contributed by atoms with E-state index in [1.54, 1.807) is 13.0 Å². The second-order valence-electron chi connectivity index (χ2n) is 3.89. The third-order valence-electron chi connectivity index (χ3n) is 2.39. The Bertz CT molecular complexity index is 562. The number of rotatable bonds is 2. The lowest BCUT2D eigenvalue weighted by Crippen LogP contribution is -2.06. The second kappa shape index (κ2) is 4.33. The molecule has 0 saturated heterocycles. The first kappa shape index (κ1) is 11.3. The van der Waals surface area contributed by atoms with Gasteiger partial charge in [0.1, 0.15) is 0 Å². The van der Waals surface area contributed by atoms with E-state index in [9.17, 15) is 4.79 Å². The maximum atomic E-state index is 10.9. The highest BCUT2D eigenvalue weighted by atomic mass is 16.4. The average molecular weight is 228 g/mol. The highest BCUT2D eigenvalue weighted by molar-refractivity contribution is 5.84. The quantitative estimate of drug-likeness (QED) is 0.857. The van der Waals surface area contributed by atoms with E-state index in [0.717, 1.165) is 11.1 Å². The van der Waals surface area contributed by atoms with E-state index in [4.69, 9.17) is 5.11 Å². The number of hydrogen-bond donors (Lipinski definition) is 1. The SMILES string of the molecule is Cc1ccc(-c2cc(C)nc(C(=O)O)n2)cc1. The van der Waals surface area contributed by atoms with Gasteiger partial charge in [-0.15, -0.1) is 0 Å². The van der Waals surface area contributed by atoms with Crippen LogP contribution in [0.4, 0.5) is 0 Å². The van der Waals surface area contributed by atoms with E-state index < -0.39 is 5.97 Å². The lowest BCUT2D eigenvalue weighted by atomic mass is 10.1. The number of aromatic carboxylic acids is 1. The van der Waals surface area contributed by atoms with Gasteiger partial charge >= 0.3 is 5.97 Å². The molecule has 2 aromatic rings. The highest BCUT2D eigenvalue weighted by Crippen LogP contribution is 2.18. The number of aromatic nitrogens is 2. The van der Waals surface area contributed by atoms with E-state index in [2.05, 4.69) is 9.97 Å². The average Bonchev–Trinajstić information content (AvgIpc) is 2.29. The first-order valence-corrected chi connectivity index (χ1v) is 5.22. The highest BCUT2D eigenvalue weighted by Gasteiger charge is 2.10. The third-order valence-corrected chi connectivity index (χ3v) is 2.39. The van der Waals surface area contributed by atoms with Crippen LogP contribution in [0.1, 0.15) is 21.9 Å². The van der Waals surface area contributed by atoms with Gasteiger partial charge in [0.15, 0.2) is 0 Å². The molecule has 17 heavy (non-hydrogen) atoms. The minimum absolute atomic E-state index is 0.166. The monoisotopic (exact) mass is 228 g/mol. The standard InChI is InChI=1S/C13H12N2O2/c1-8-3-5-10(6-4-8)11-7-9(2)14-12(15-11)13(16)17/h3-7H,1-2H3,(H,16,17). The molecule has 0 aliphatic rings. The smallest absolute Gasteiger partial charge is 0.373 e. The van der Waals surface area contributed by atoms with E-state index >= 15 is 0 Å². The Morgan fingerprint density at radius 1 is 1.12 bits per heavy atom. The van der Waals surface area contributed by atoms with Crippen molar-refractivity contribution in [2.24, 2.45) is 0 Å². The summed E-state index contributed by atoms with van der Waals surface area (Å²) in [7, 11) is 0. The summed E-state index contributed by atoms with van der Waals surface area (Å²) >= 11 is 0. The lowest BCUT2D eigenvalue weighted by molar-refractivity contribution is 0.0683. The van der Waals surface area contributed by atoms with Gasteiger partial charge in [0.05, 0.1) is 5.69 Å². The Hall–Kier alpha value is -2.23. The van der Waals surface area contributed by atoms with E-state index in [-0.39, 0.29) is 5.82 Å². The van der Waals surface area contributed by atoms with Crippen molar-refractivity contribution in [3.05, 3.63) is 47.4 Å². The van der Waals surface area contributed by atoms with Gasteiger partial charge in [0, 0.05) is 11.3 Å². The molecule has 0 amide bonds. The fourth-order valence-electron chi connectivity index (χ4n) is 1.54. The number of carboxylic acid groups (broad SMARTS) is 1. The van der Waals surface area contributed by atoms with E-state index in [0.29, 0.717) is 11.4 Å². The zero-order valence-corrected chi connectivity index (χ0v) is 9.64. The van der Waals surface area contributed by atoms with Crippen molar-refractivity contribution in [3.63, 3.8) is 0 Å². The summed E-state index contributed by atoms with van der Waals surface area (Å²) < 4.78 is 0. The molecule has 1 aromatic heterocycles. The van der Waals surface area contributed by atoms with Crippen molar-refractivity contribution in [2.45, 2.75) is 13.8 Å². The van der Waals surface area contributed by atoms with Crippen molar-refractivity contribution in [3.8, 4) is 11.3 Å². The molecule has 1 N–H and O–H groups in total. The Morgan fingerprint density at radius 2 is 1.76 bits per heavy atom. The fraction of sp³-hybridized carbons (Fsp3) is 0.154. The van der Waals surface area contributed by atoms with Crippen LogP contribution in [-0.2, 0) is 0 Å². The van der Waals surface area contributed by atoms with Gasteiger partial charge in [-0.25, -0.2) is 14.8 Å². The number of hydrogen-bond acceptors (Lipinski definition) is 3. The van der Waals surface area contributed by atoms with Crippen molar-refractivity contribution in [1.82, 2.24) is 9.97 Å². The van der Waals surface area contributed by atoms with Gasteiger partial charge in [0.25, 0.3) is 0 Å². The Balaban J connectivity index is 2.51. The number of carboxylic acids is 1. The van der Waals surface area contributed by atoms with Crippen LogP contribution in [0.2, 0.25) is 0 Å². The van der Waals surface area contributed by atoms with E-state index in [1.807, 2.05) is 31.2 Å². The zero-order chi connectivity index (χ0) is 12.4. The Labute approximate surface area is 99.0 Å². The van der Waals surface area contributed by atoms with Crippen LogP contribution in [0, 0.1) is 13.8 Å². The maximum Gasteiger partial charge on any atom is 0.373 e. The molecule has 1 aromatic carbocycles. The van der Waals surface area contributed by atoms with Crippen molar-refractivity contribution in [2.75, 3.05) is 0 Å². The molecule has 0 bridgehead atoms. The molecular weight excluding hydrogens is 216 g/mol. The third kappa shape index (κ3) is 2.47. The summed E-state index contributed by atoms with van der Waals surface area (Å²) in [5.41, 5.74) is 3.32. The number of nitrogens with zero attached hydrogens (tertiary/aromatic N) is 2. The summed E-state index contributed by atoms with van der Waals surface area (Å²) in [5.74, 6) is -1.28. The first-order chi connectivity index (χ1) is 8.06. The molecule has 4 heteroatoms. The molecule has 2 rings (SSSR count). The second-order valence-corrected chi connectivity index (χ2v) is 3.89. The summed E-state index contributed by atoms with van der Waals surface area (Å²) in [5, 5.41) is 8.90. The fourth-order valence-corrected chi connectivity index (χ4v) is 1.54. The van der Waals surface area contributed by atoms with Gasteiger partial charge in [-0.05, 0) is 19.9 Å². The summed E-state index contributed by atoms with van der Waals surface area (Å²) in [6, 6.07) is 9.54. The van der Waals surface area contributed by atoms with E-state index in [1.165, 1.54) is 0 Å². The van der Waals surface area contributed by atoms with Gasteiger partial charge < -0.3 is 5.11 Å². The predicted octanol–water partition coefficient (Wildman–Crippen LogP) is 2.46. The minimum Gasteiger partial charge on any atom is -0.475 e. The van der Waals surface area contributed by atoms with Gasteiger partial charge in [-0.2, -0.15) is 0 Å². The molecule has 0 atom stereocenters. The topological polar surface area (TPSA) is 63.1 Å². The van der Waals surface area contributed by atoms with Crippen LogP contribution < -0.4 is 0 Å². The van der Waals surface area contributed by atoms with Crippen LogP contribution in [0.25, 0.3) is 11.3 Å². The van der Waals surface area contributed by atoms with Gasteiger partial charge in [-0.1, -0.05) is 29.8 Å². The van der Waals surface area contributed by atoms with Crippen molar-refractivity contribution in [1.29, 1.82) is 0 Å². The molecule has 1 heterocycles. The predicted molar refractivity (Wildman–Crippen MR) is 63.9 cm³/mol. The number of carbonyl (C=O) groups is 1. The molecular formula is C13H12N2O2. The molecule has 0 spiro atoms. The molecule has 0 unspecified atom stereocenters. The van der Waals surface area contributed by atoms with Gasteiger partial charge in [-0.3, -0.25) is 0 Å². The van der Waals surface area contributed by atoms with Crippen LogP contribution in [0.5, 0.6) is 0 Å². The lowest BCUT2D eigenvalue weighted by Gasteiger charge is -2.04. The van der Waals surface area contributed by atoms with Crippen molar-refractivity contribution >= 4 is 5.97 Å². The summed E-state index contributed by atoms with van der Waals surface area (Å²) in [6.45, 7) is 3.75. The first-order valence-electron chi connectivity index (χ1n) is 5.22. The molecule has 0 aliphatic heterocycles. The van der Waals surface area contributed by atoms with Crippen LogP contribution in [-0.4, -0.2) is 21.0 Å². The zero-order valence-electron chi connectivity index (χ0n) is 9.64. The van der Waals surface area contributed by atoms with Crippen LogP contribution in [0.15, 0.2) is 30.3 Å². The Kier molecular flexibility index (Phi) is 2.87. The number of benzene rings is 1. The normalized spacial score (nSPS) is 10.2. The van der Waals surface area contributed by atoms with Gasteiger partial charge in [0.2, 0.25) is 5.82 Å². The summed E-state index contributed by atoms with van der Waals surface area (Å²) in [4.78, 5) is 18.8. The molecule has 0 aliphatic carbocycles.